The maximum atomic E-state index is 6.08. The zero-order valence-electron chi connectivity index (χ0n) is 9.81. The van der Waals surface area contributed by atoms with E-state index in [4.69, 9.17) is 11.6 Å². The van der Waals surface area contributed by atoms with E-state index in [1.54, 1.807) is 6.08 Å². The van der Waals surface area contributed by atoms with Crippen LogP contribution in [0, 0.1) is 0 Å². The monoisotopic (exact) mass is 256 g/mol. The minimum absolute atomic E-state index is 0.653. The number of halogens is 1. The third-order valence-electron chi connectivity index (χ3n) is 2.34. The third kappa shape index (κ3) is 3.22. The predicted octanol–water partition coefficient (Wildman–Crippen LogP) is 4.67. The number of hydrogen-bond donors (Lipinski definition) is 1. The van der Waals surface area contributed by atoms with E-state index in [9.17, 15) is 0 Å². The molecule has 2 nitrogen and oxygen atoms in total. The molecule has 18 heavy (non-hydrogen) atoms. The molecule has 0 spiro atoms. The van der Waals surface area contributed by atoms with E-state index < -0.39 is 0 Å². The van der Waals surface area contributed by atoms with Gasteiger partial charge in [-0.05, 0) is 30.3 Å². The molecule has 2 aromatic carbocycles. The summed E-state index contributed by atoms with van der Waals surface area (Å²) in [5.41, 5.74) is 1.68. The van der Waals surface area contributed by atoms with Gasteiger partial charge in [-0.1, -0.05) is 48.5 Å². The van der Waals surface area contributed by atoms with Gasteiger partial charge >= 0.3 is 0 Å². The number of benzene rings is 2. The van der Waals surface area contributed by atoms with E-state index >= 15 is 0 Å². The van der Waals surface area contributed by atoms with Gasteiger partial charge in [0, 0.05) is 0 Å². The van der Waals surface area contributed by atoms with Gasteiger partial charge in [-0.3, -0.25) is 0 Å². The Bertz CT molecular complexity index is 562. The second-order valence-corrected chi connectivity index (χ2v) is 4.05. The van der Waals surface area contributed by atoms with Crippen LogP contribution in [0.1, 0.15) is 0 Å². The van der Waals surface area contributed by atoms with Gasteiger partial charge in [0.1, 0.15) is 5.84 Å². The molecule has 1 N–H and O–H groups in total. The first kappa shape index (κ1) is 12.4. The predicted molar refractivity (Wildman–Crippen MR) is 78.8 cm³/mol. The van der Waals surface area contributed by atoms with Crippen LogP contribution in [-0.2, 0) is 0 Å². The number of rotatable bonds is 3. The number of aliphatic imine (C=N–C) groups is 1. The molecule has 0 saturated carbocycles. The van der Waals surface area contributed by atoms with E-state index in [1.165, 1.54) is 0 Å². The first-order valence-corrected chi connectivity index (χ1v) is 5.95. The van der Waals surface area contributed by atoms with Gasteiger partial charge in [-0.25, -0.2) is 4.99 Å². The molecule has 0 radical (unpaired) electrons. The Morgan fingerprint density at radius 3 is 2.39 bits per heavy atom. The topological polar surface area (TPSA) is 24.4 Å². The molecule has 3 heteroatoms. The number of nitrogens with zero attached hydrogens (tertiary/aromatic N) is 1. The second kappa shape index (κ2) is 6.03. The minimum atomic E-state index is 0.653. The van der Waals surface area contributed by atoms with Crippen LogP contribution in [0.2, 0.25) is 5.02 Å². The summed E-state index contributed by atoms with van der Waals surface area (Å²) >= 11 is 6.08. The fourth-order valence-corrected chi connectivity index (χ4v) is 1.65. The summed E-state index contributed by atoms with van der Waals surface area (Å²) < 4.78 is 0. The molecule has 0 fully saturated rings. The van der Waals surface area contributed by atoms with Gasteiger partial charge in [-0.2, -0.15) is 0 Å². The van der Waals surface area contributed by atoms with Crippen molar-refractivity contribution in [3.63, 3.8) is 0 Å². The van der Waals surface area contributed by atoms with E-state index in [-0.39, 0.29) is 0 Å². The molecule has 2 rings (SSSR count). The van der Waals surface area contributed by atoms with Crippen LogP contribution in [0.3, 0.4) is 0 Å². The van der Waals surface area contributed by atoms with E-state index in [0.29, 0.717) is 10.9 Å². The van der Waals surface area contributed by atoms with Crippen molar-refractivity contribution < 1.29 is 0 Å². The summed E-state index contributed by atoms with van der Waals surface area (Å²) in [6.07, 6.45) is 1.66. The van der Waals surface area contributed by atoms with E-state index in [2.05, 4.69) is 16.9 Å². The Hall–Kier alpha value is -2.06. The van der Waals surface area contributed by atoms with Crippen molar-refractivity contribution in [2.75, 3.05) is 5.32 Å². The lowest BCUT2D eigenvalue weighted by molar-refractivity contribution is 1.49. The Labute approximate surface area is 112 Å². The van der Waals surface area contributed by atoms with Crippen LogP contribution in [0.5, 0.6) is 0 Å². The van der Waals surface area contributed by atoms with Crippen molar-refractivity contribution >= 4 is 28.8 Å². The Morgan fingerprint density at radius 1 is 1.06 bits per heavy atom. The van der Waals surface area contributed by atoms with E-state index in [0.717, 1.165) is 11.4 Å². The lowest BCUT2D eigenvalue weighted by Gasteiger charge is -2.07. The maximum Gasteiger partial charge on any atom is 0.130 e. The Balaban J connectivity index is 2.23. The lowest BCUT2D eigenvalue weighted by Crippen LogP contribution is -2.08. The molecule has 90 valence electrons. The zero-order valence-corrected chi connectivity index (χ0v) is 10.6. The summed E-state index contributed by atoms with van der Waals surface area (Å²) in [4.78, 5) is 4.44. The molecule has 0 amide bonds. The van der Waals surface area contributed by atoms with Crippen LogP contribution < -0.4 is 5.32 Å². The van der Waals surface area contributed by atoms with Crippen molar-refractivity contribution in [3.05, 3.63) is 72.3 Å². The molecule has 0 aliphatic carbocycles. The largest absolute Gasteiger partial charge is 0.339 e. The first-order chi connectivity index (χ1) is 8.79. The molecule has 2 aromatic rings. The summed E-state index contributed by atoms with van der Waals surface area (Å²) in [5, 5.41) is 3.80. The summed E-state index contributed by atoms with van der Waals surface area (Å²) in [7, 11) is 0. The normalized spacial score (nSPS) is 11.1. The molecule has 0 unspecified atom stereocenters. The quantitative estimate of drug-likeness (QED) is 0.626. The number of nitrogens with one attached hydrogen (secondary N) is 1. The van der Waals surface area contributed by atoms with Crippen LogP contribution in [0.4, 0.5) is 11.4 Å². The lowest BCUT2D eigenvalue weighted by atomic mass is 10.3. The van der Waals surface area contributed by atoms with Crippen LogP contribution >= 0.6 is 11.6 Å². The standard InChI is InChI=1S/C15H13ClN2/c1-2-15(17-12-8-4-3-5-9-12)18-14-11-7-6-10-13(14)16/h2-11H,1H2,(H,17,18). The highest BCUT2D eigenvalue weighted by atomic mass is 35.5. The van der Waals surface area contributed by atoms with E-state index in [1.807, 2.05) is 54.6 Å². The number of anilines is 1. The average Bonchev–Trinajstić information content (AvgIpc) is 2.41. The third-order valence-corrected chi connectivity index (χ3v) is 2.67. The smallest absolute Gasteiger partial charge is 0.130 e. The SMILES string of the molecule is C=CC(=Nc1ccccc1)Nc1ccccc1Cl. The van der Waals surface area contributed by atoms with Gasteiger partial charge < -0.3 is 5.32 Å². The number of hydrogen-bond acceptors (Lipinski definition) is 1. The molecule has 0 bridgehead atoms. The van der Waals surface area contributed by atoms with Gasteiger partial charge in [0.15, 0.2) is 0 Å². The fraction of sp³-hybridized carbons (Fsp3) is 0. The molecule has 0 aliphatic heterocycles. The van der Waals surface area contributed by atoms with Crippen molar-refractivity contribution in [3.8, 4) is 0 Å². The molecule has 0 aromatic heterocycles. The summed E-state index contributed by atoms with van der Waals surface area (Å²) in [5.74, 6) is 0.661. The van der Waals surface area contributed by atoms with Gasteiger partial charge in [-0.15, -0.1) is 0 Å². The average molecular weight is 257 g/mol. The summed E-state index contributed by atoms with van der Waals surface area (Å²) in [6, 6.07) is 17.2. The van der Waals surface area contributed by atoms with Crippen LogP contribution in [0.15, 0.2) is 72.2 Å². The Kier molecular flexibility index (Phi) is 4.15. The number of para-hydroxylation sites is 2. The van der Waals surface area contributed by atoms with Crippen molar-refractivity contribution in [2.24, 2.45) is 4.99 Å². The van der Waals surface area contributed by atoms with Gasteiger partial charge in [0.25, 0.3) is 0 Å². The highest BCUT2D eigenvalue weighted by Gasteiger charge is 2.00. The van der Waals surface area contributed by atoms with Crippen LogP contribution in [0.25, 0.3) is 0 Å². The highest BCUT2D eigenvalue weighted by Crippen LogP contribution is 2.21. The Morgan fingerprint density at radius 2 is 1.72 bits per heavy atom. The van der Waals surface area contributed by atoms with Crippen molar-refractivity contribution in [1.82, 2.24) is 0 Å². The maximum absolute atomic E-state index is 6.08. The highest BCUT2D eigenvalue weighted by molar-refractivity contribution is 6.33. The van der Waals surface area contributed by atoms with Crippen molar-refractivity contribution in [1.29, 1.82) is 0 Å². The first-order valence-electron chi connectivity index (χ1n) is 5.57. The molecule has 0 atom stereocenters. The minimum Gasteiger partial charge on any atom is -0.339 e. The van der Waals surface area contributed by atoms with Gasteiger partial charge in [0.05, 0.1) is 16.4 Å². The summed E-state index contributed by atoms with van der Waals surface area (Å²) in [6.45, 7) is 3.75. The second-order valence-electron chi connectivity index (χ2n) is 3.64. The molecule has 0 saturated heterocycles. The fourth-order valence-electron chi connectivity index (χ4n) is 1.47. The van der Waals surface area contributed by atoms with Gasteiger partial charge in [0.2, 0.25) is 0 Å². The number of amidine groups is 1. The molecule has 0 heterocycles. The zero-order chi connectivity index (χ0) is 12.8. The molecular weight excluding hydrogens is 244 g/mol. The molecule has 0 aliphatic rings. The van der Waals surface area contributed by atoms with Crippen molar-refractivity contribution in [2.45, 2.75) is 0 Å². The molecular formula is C15H13ClN2. The van der Waals surface area contributed by atoms with Crippen LogP contribution in [-0.4, -0.2) is 5.84 Å².